The number of rotatable bonds is 7. The first-order chi connectivity index (χ1) is 8.53. The lowest BCUT2D eigenvalue weighted by Gasteiger charge is -2.25. The smallest absolute Gasteiger partial charge is 0.122 e. The molecule has 18 heavy (non-hydrogen) atoms. The van der Waals surface area contributed by atoms with Gasteiger partial charge in [0.05, 0.1) is 19.8 Å². The van der Waals surface area contributed by atoms with Crippen LogP contribution in [0.4, 0.5) is 0 Å². The van der Waals surface area contributed by atoms with Gasteiger partial charge in [0.15, 0.2) is 0 Å². The summed E-state index contributed by atoms with van der Waals surface area (Å²) in [6, 6.07) is 5.48. The van der Waals surface area contributed by atoms with Crippen molar-refractivity contribution in [3.05, 3.63) is 23.8 Å². The SMILES string of the molecule is CCNCCC(C)(O)c1cc(OC)cc(OC)c1. The van der Waals surface area contributed by atoms with Crippen molar-refractivity contribution in [2.75, 3.05) is 27.3 Å². The standard InChI is InChI=1S/C14H23NO3/c1-5-15-7-6-14(2,16)11-8-12(17-3)10-13(9-11)18-4/h8-10,15-16H,5-7H2,1-4H3. The van der Waals surface area contributed by atoms with Gasteiger partial charge < -0.3 is 19.9 Å². The summed E-state index contributed by atoms with van der Waals surface area (Å²) in [6.07, 6.45) is 0.636. The molecule has 4 nitrogen and oxygen atoms in total. The van der Waals surface area contributed by atoms with Crippen LogP contribution in [-0.2, 0) is 5.60 Å². The molecule has 0 amide bonds. The molecule has 0 aromatic heterocycles. The molecule has 0 aliphatic heterocycles. The third-order valence-electron chi connectivity index (χ3n) is 3.01. The summed E-state index contributed by atoms with van der Waals surface area (Å²) >= 11 is 0. The van der Waals surface area contributed by atoms with Crippen LogP contribution in [0.15, 0.2) is 18.2 Å². The molecule has 0 fully saturated rings. The molecule has 102 valence electrons. The summed E-state index contributed by atoms with van der Waals surface area (Å²) in [5.41, 5.74) is -0.0964. The fraction of sp³-hybridized carbons (Fsp3) is 0.571. The van der Waals surface area contributed by atoms with Crippen molar-refractivity contribution in [2.45, 2.75) is 25.9 Å². The molecule has 2 N–H and O–H groups in total. The Kier molecular flexibility index (Phi) is 5.44. The van der Waals surface area contributed by atoms with Crippen LogP contribution in [0, 0.1) is 0 Å². The molecule has 0 aliphatic rings. The second-order valence-corrected chi connectivity index (χ2v) is 4.48. The van der Waals surface area contributed by atoms with Crippen LogP contribution in [0.25, 0.3) is 0 Å². The molecule has 0 spiro atoms. The van der Waals surface area contributed by atoms with Crippen molar-refractivity contribution in [2.24, 2.45) is 0 Å². The largest absolute Gasteiger partial charge is 0.497 e. The Morgan fingerprint density at radius 2 is 1.72 bits per heavy atom. The van der Waals surface area contributed by atoms with Gasteiger partial charge in [0.25, 0.3) is 0 Å². The maximum absolute atomic E-state index is 10.5. The van der Waals surface area contributed by atoms with Crippen LogP contribution in [0.2, 0.25) is 0 Å². The molecule has 0 radical (unpaired) electrons. The topological polar surface area (TPSA) is 50.7 Å². The van der Waals surface area contributed by atoms with E-state index in [1.54, 1.807) is 27.2 Å². The molecular weight excluding hydrogens is 230 g/mol. The van der Waals surface area contributed by atoms with Gasteiger partial charge in [0.1, 0.15) is 11.5 Å². The predicted molar refractivity (Wildman–Crippen MR) is 72.3 cm³/mol. The Bertz CT molecular complexity index is 355. The van der Waals surface area contributed by atoms with Crippen LogP contribution in [0.5, 0.6) is 11.5 Å². The van der Waals surface area contributed by atoms with Crippen molar-refractivity contribution in [1.29, 1.82) is 0 Å². The van der Waals surface area contributed by atoms with Crippen LogP contribution < -0.4 is 14.8 Å². The lowest BCUT2D eigenvalue weighted by Crippen LogP contribution is -2.27. The minimum Gasteiger partial charge on any atom is -0.497 e. The van der Waals surface area contributed by atoms with E-state index in [4.69, 9.17) is 9.47 Å². The van der Waals surface area contributed by atoms with E-state index < -0.39 is 5.60 Å². The Morgan fingerprint density at radius 3 is 2.17 bits per heavy atom. The second kappa shape index (κ2) is 6.61. The van der Waals surface area contributed by atoms with Gasteiger partial charge in [-0.1, -0.05) is 6.92 Å². The number of benzene rings is 1. The molecule has 1 rings (SSSR count). The average Bonchev–Trinajstić information content (AvgIpc) is 2.38. The van der Waals surface area contributed by atoms with Gasteiger partial charge in [0.2, 0.25) is 0 Å². The molecule has 0 bridgehead atoms. The normalized spacial score (nSPS) is 14.1. The highest BCUT2D eigenvalue weighted by Crippen LogP contribution is 2.31. The van der Waals surface area contributed by atoms with Crippen molar-refractivity contribution in [1.82, 2.24) is 5.32 Å². The first-order valence-electron chi connectivity index (χ1n) is 6.20. The molecule has 4 heteroatoms. The minimum absolute atomic E-state index is 0.636. The second-order valence-electron chi connectivity index (χ2n) is 4.48. The average molecular weight is 253 g/mol. The third-order valence-corrected chi connectivity index (χ3v) is 3.01. The van der Waals surface area contributed by atoms with E-state index in [-0.39, 0.29) is 0 Å². The number of aliphatic hydroxyl groups is 1. The third kappa shape index (κ3) is 3.89. The summed E-state index contributed by atoms with van der Waals surface area (Å²) in [5.74, 6) is 1.38. The first-order valence-corrected chi connectivity index (χ1v) is 6.20. The van der Waals surface area contributed by atoms with Crippen LogP contribution in [0.1, 0.15) is 25.8 Å². The summed E-state index contributed by atoms with van der Waals surface area (Å²) in [7, 11) is 3.21. The van der Waals surface area contributed by atoms with E-state index in [0.717, 1.165) is 18.7 Å². The molecule has 1 aromatic rings. The van der Waals surface area contributed by atoms with Crippen molar-refractivity contribution in [3.63, 3.8) is 0 Å². The highest BCUT2D eigenvalue weighted by atomic mass is 16.5. The first kappa shape index (κ1) is 14.8. The van der Waals surface area contributed by atoms with Crippen LogP contribution >= 0.6 is 0 Å². The molecule has 0 saturated heterocycles. The molecule has 0 aliphatic carbocycles. The van der Waals surface area contributed by atoms with E-state index in [1.165, 1.54) is 0 Å². The Hall–Kier alpha value is -1.26. The zero-order valence-corrected chi connectivity index (χ0v) is 11.6. The van der Waals surface area contributed by atoms with Gasteiger partial charge in [-0.25, -0.2) is 0 Å². The Labute approximate surface area is 109 Å². The molecular formula is C14H23NO3. The van der Waals surface area contributed by atoms with Gasteiger partial charge in [-0.2, -0.15) is 0 Å². The van der Waals surface area contributed by atoms with E-state index in [0.29, 0.717) is 17.9 Å². The molecule has 1 unspecified atom stereocenters. The highest BCUT2D eigenvalue weighted by Gasteiger charge is 2.24. The summed E-state index contributed by atoms with van der Waals surface area (Å²) in [5, 5.41) is 13.7. The van der Waals surface area contributed by atoms with Gasteiger partial charge in [-0.05, 0) is 44.1 Å². The zero-order chi connectivity index (χ0) is 13.6. The van der Waals surface area contributed by atoms with Gasteiger partial charge in [-0.3, -0.25) is 0 Å². The van der Waals surface area contributed by atoms with E-state index >= 15 is 0 Å². The monoisotopic (exact) mass is 253 g/mol. The molecule has 1 atom stereocenters. The zero-order valence-electron chi connectivity index (χ0n) is 11.6. The number of ether oxygens (including phenoxy) is 2. The summed E-state index contributed by atoms with van der Waals surface area (Å²) in [4.78, 5) is 0. The minimum atomic E-state index is -0.899. The van der Waals surface area contributed by atoms with Crippen molar-refractivity contribution < 1.29 is 14.6 Å². The molecule has 0 saturated carbocycles. The number of hydrogen-bond donors (Lipinski definition) is 2. The Balaban J connectivity index is 2.91. The number of methoxy groups -OCH3 is 2. The van der Waals surface area contributed by atoms with E-state index in [2.05, 4.69) is 5.32 Å². The molecule has 0 heterocycles. The lowest BCUT2D eigenvalue weighted by atomic mass is 9.92. The van der Waals surface area contributed by atoms with Crippen LogP contribution in [0.3, 0.4) is 0 Å². The fourth-order valence-corrected chi connectivity index (χ4v) is 1.77. The van der Waals surface area contributed by atoms with Crippen molar-refractivity contribution >= 4 is 0 Å². The fourth-order valence-electron chi connectivity index (χ4n) is 1.77. The predicted octanol–water partition coefficient (Wildman–Crippen LogP) is 1.91. The lowest BCUT2D eigenvalue weighted by molar-refractivity contribution is 0.0477. The highest BCUT2D eigenvalue weighted by molar-refractivity contribution is 5.40. The van der Waals surface area contributed by atoms with Crippen LogP contribution in [-0.4, -0.2) is 32.4 Å². The number of nitrogens with one attached hydrogen (secondary N) is 1. The molecule has 1 aromatic carbocycles. The maximum atomic E-state index is 10.5. The van der Waals surface area contributed by atoms with E-state index in [1.807, 2.05) is 19.1 Å². The van der Waals surface area contributed by atoms with Crippen molar-refractivity contribution in [3.8, 4) is 11.5 Å². The van der Waals surface area contributed by atoms with Gasteiger partial charge in [-0.15, -0.1) is 0 Å². The quantitative estimate of drug-likeness (QED) is 0.729. The van der Waals surface area contributed by atoms with Gasteiger partial charge in [0, 0.05) is 6.07 Å². The van der Waals surface area contributed by atoms with Gasteiger partial charge >= 0.3 is 0 Å². The summed E-state index contributed by atoms with van der Waals surface area (Å²) < 4.78 is 10.4. The Morgan fingerprint density at radius 1 is 1.17 bits per heavy atom. The maximum Gasteiger partial charge on any atom is 0.122 e. The van der Waals surface area contributed by atoms with E-state index in [9.17, 15) is 5.11 Å². The summed E-state index contributed by atoms with van der Waals surface area (Å²) in [6.45, 7) is 5.52. The number of hydrogen-bond acceptors (Lipinski definition) is 4.